The average molecular weight is 371 g/mol. The number of hydrogen-bond donors (Lipinski definition) is 2. The lowest BCUT2D eigenvalue weighted by Crippen LogP contribution is -2.11. The fourth-order valence-corrected chi connectivity index (χ4v) is 2.36. The first-order valence-corrected chi connectivity index (χ1v) is 6.81. The molecule has 0 aliphatic heterocycles. The summed E-state index contributed by atoms with van der Waals surface area (Å²) in [4.78, 5) is 10.4. The van der Waals surface area contributed by atoms with E-state index in [2.05, 4.69) is 15.9 Å². The zero-order valence-electron chi connectivity index (χ0n) is 10.5. The van der Waals surface area contributed by atoms with Gasteiger partial charge < -0.3 is 10.5 Å². The zero-order chi connectivity index (χ0) is 15.6. The summed E-state index contributed by atoms with van der Waals surface area (Å²) in [5.74, 6) is 0.357. The van der Waals surface area contributed by atoms with Crippen molar-refractivity contribution in [3.63, 3.8) is 0 Å². The summed E-state index contributed by atoms with van der Waals surface area (Å²) in [5, 5.41) is 18.6. The Morgan fingerprint density at radius 2 is 2.05 bits per heavy atom. The van der Waals surface area contributed by atoms with Gasteiger partial charge >= 0.3 is 5.69 Å². The largest absolute Gasteiger partial charge is 0.450 e. The summed E-state index contributed by atoms with van der Waals surface area (Å²) >= 11 is 9.00. The van der Waals surface area contributed by atoms with Gasteiger partial charge in [0.05, 0.1) is 4.92 Å². The molecule has 21 heavy (non-hydrogen) atoms. The molecule has 0 aliphatic rings. The van der Waals surface area contributed by atoms with Gasteiger partial charge in [0.25, 0.3) is 0 Å². The molecule has 8 heteroatoms. The highest BCUT2D eigenvalue weighted by atomic mass is 79.9. The Hall–Kier alpha value is -2.12. The first-order valence-electron chi connectivity index (χ1n) is 5.64. The van der Waals surface area contributed by atoms with Gasteiger partial charge in [-0.15, -0.1) is 0 Å². The number of hydrogen-bond acceptors (Lipinski definition) is 4. The molecular weight excluding hydrogens is 362 g/mol. The van der Waals surface area contributed by atoms with E-state index in [-0.39, 0.29) is 22.3 Å². The van der Waals surface area contributed by atoms with Crippen LogP contribution in [0.4, 0.5) is 5.69 Å². The Labute approximate surface area is 133 Å². The molecule has 108 valence electrons. The van der Waals surface area contributed by atoms with E-state index in [1.54, 1.807) is 18.2 Å². The summed E-state index contributed by atoms with van der Waals surface area (Å²) in [6.45, 7) is 0. The molecule has 0 saturated carbocycles. The number of halogens is 2. The van der Waals surface area contributed by atoms with Gasteiger partial charge in [-0.25, -0.2) is 0 Å². The van der Waals surface area contributed by atoms with E-state index in [0.717, 1.165) is 0 Å². The highest BCUT2D eigenvalue weighted by Crippen LogP contribution is 2.34. The second-order valence-corrected chi connectivity index (χ2v) is 5.32. The minimum Gasteiger partial charge on any atom is -0.450 e. The van der Waals surface area contributed by atoms with Gasteiger partial charge in [-0.05, 0) is 46.3 Å². The van der Waals surface area contributed by atoms with E-state index in [9.17, 15) is 10.1 Å². The standard InChI is InChI=1S/C13H9BrClN3O3/c14-10-6-8(2-3-9(10)13(16)17)21-12-4-1-7(15)5-11(12)18(19)20/h1-6H,(H3,16,17). The molecule has 2 rings (SSSR count). The number of nitrogens with two attached hydrogens (primary N) is 1. The molecular formula is C13H9BrClN3O3. The summed E-state index contributed by atoms with van der Waals surface area (Å²) in [6.07, 6.45) is 0. The number of rotatable bonds is 4. The molecule has 0 spiro atoms. The maximum absolute atomic E-state index is 11.0. The lowest BCUT2D eigenvalue weighted by Gasteiger charge is -2.09. The van der Waals surface area contributed by atoms with Gasteiger partial charge in [0.2, 0.25) is 5.75 Å². The molecule has 0 radical (unpaired) electrons. The highest BCUT2D eigenvalue weighted by Gasteiger charge is 2.17. The Morgan fingerprint density at radius 3 is 2.62 bits per heavy atom. The minimum absolute atomic E-state index is 0.0758. The predicted octanol–water partition coefficient (Wildman–Crippen LogP) is 4.09. The van der Waals surface area contributed by atoms with E-state index >= 15 is 0 Å². The number of amidine groups is 1. The molecule has 6 nitrogen and oxygen atoms in total. The fraction of sp³-hybridized carbons (Fsp3) is 0. The number of ether oxygens (including phenoxy) is 1. The number of nitrogens with one attached hydrogen (secondary N) is 1. The van der Waals surface area contributed by atoms with Gasteiger partial charge in [-0.2, -0.15) is 0 Å². The molecule has 0 saturated heterocycles. The van der Waals surface area contributed by atoms with Gasteiger partial charge in [-0.1, -0.05) is 11.6 Å². The van der Waals surface area contributed by atoms with Crippen molar-refractivity contribution < 1.29 is 9.66 Å². The monoisotopic (exact) mass is 369 g/mol. The van der Waals surface area contributed by atoms with E-state index < -0.39 is 4.92 Å². The van der Waals surface area contributed by atoms with E-state index in [1.165, 1.54) is 18.2 Å². The third-order valence-corrected chi connectivity index (χ3v) is 3.47. The SMILES string of the molecule is N=C(N)c1ccc(Oc2ccc(Cl)cc2[N+](=O)[O-])cc1Br. The number of benzene rings is 2. The van der Waals surface area contributed by atoms with Crippen LogP contribution in [0.25, 0.3) is 0 Å². The molecule has 0 aromatic heterocycles. The lowest BCUT2D eigenvalue weighted by atomic mass is 10.2. The number of nitrogens with zero attached hydrogens (tertiary/aromatic N) is 1. The van der Waals surface area contributed by atoms with Crippen LogP contribution < -0.4 is 10.5 Å². The summed E-state index contributed by atoms with van der Waals surface area (Å²) in [6, 6.07) is 8.88. The summed E-state index contributed by atoms with van der Waals surface area (Å²) in [5.41, 5.74) is 5.69. The molecule has 0 bridgehead atoms. The van der Waals surface area contributed by atoms with Gasteiger partial charge in [0, 0.05) is 21.1 Å². The first kappa shape index (κ1) is 15.3. The molecule has 0 atom stereocenters. The fourth-order valence-electron chi connectivity index (χ4n) is 1.62. The third-order valence-electron chi connectivity index (χ3n) is 2.58. The van der Waals surface area contributed by atoms with E-state index in [1.807, 2.05) is 0 Å². The zero-order valence-corrected chi connectivity index (χ0v) is 12.8. The van der Waals surface area contributed by atoms with Crippen molar-refractivity contribution in [1.82, 2.24) is 0 Å². The quantitative estimate of drug-likeness (QED) is 0.366. The van der Waals surface area contributed by atoms with Crippen molar-refractivity contribution in [2.45, 2.75) is 0 Å². The van der Waals surface area contributed by atoms with Crippen LogP contribution in [0.1, 0.15) is 5.56 Å². The molecule has 0 fully saturated rings. The molecule has 0 aliphatic carbocycles. The normalized spacial score (nSPS) is 10.2. The molecule has 0 unspecified atom stereocenters. The maximum atomic E-state index is 11.0. The molecule has 0 amide bonds. The highest BCUT2D eigenvalue weighted by molar-refractivity contribution is 9.10. The van der Waals surface area contributed by atoms with Crippen molar-refractivity contribution in [2.24, 2.45) is 5.73 Å². The second kappa shape index (κ2) is 6.11. The van der Waals surface area contributed by atoms with Crippen LogP contribution >= 0.6 is 27.5 Å². The van der Waals surface area contributed by atoms with Crippen LogP contribution in [0.15, 0.2) is 40.9 Å². The van der Waals surface area contributed by atoms with E-state index in [4.69, 9.17) is 27.5 Å². The third kappa shape index (κ3) is 3.50. The predicted molar refractivity (Wildman–Crippen MR) is 83.3 cm³/mol. The minimum atomic E-state index is -0.569. The number of nitrogen functional groups attached to an aromatic ring is 1. The van der Waals surface area contributed by atoms with E-state index in [0.29, 0.717) is 15.8 Å². The van der Waals surface area contributed by atoms with Crippen LogP contribution in [0, 0.1) is 15.5 Å². The van der Waals surface area contributed by atoms with Crippen LogP contribution in [0.3, 0.4) is 0 Å². The van der Waals surface area contributed by atoms with Gasteiger partial charge in [-0.3, -0.25) is 15.5 Å². The van der Waals surface area contributed by atoms with Crippen molar-refractivity contribution in [3.8, 4) is 11.5 Å². The Balaban J connectivity index is 2.37. The lowest BCUT2D eigenvalue weighted by molar-refractivity contribution is -0.385. The van der Waals surface area contributed by atoms with Crippen LogP contribution in [-0.4, -0.2) is 10.8 Å². The van der Waals surface area contributed by atoms with Crippen molar-refractivity contribution in [1.29, 1.82) is 5.41 Å². The van der Waals surface area contributed by atoms with Crippen LogP contribution in [0.2, 0.25) is 5.02 Å². The van der Waals surface area contributed by atoms with Gasteiger partial charge in [0.15, 0.2) is 0 Å². The topological polar surface area (TPSA) is 102 Å². The Kier molecular flexibility index (Phi) is 4.44. The number of nitro benzene ring substituents is 1. The average Bonchev–Trinajstić information content (AvgIpc) is 2.40. The molecule has 2 aromatic carbocycles. The number of nitro groups is 1. The van der Waals surface area contributed by atoms with Crippen LogP contribution in [-0.2, 0) is 0 Å². The molecule has 0 heterocycles. The second-order valence-electron chi connectivity index (χ2n) is 4.03. The molecule has 2 aromatic rings. The van der Waals surface area contributed by atoms with Crippen LogP contribution in [0.5, 0.6) is 11.5 Å². The Morgan fingerprint density at radius 1 is 1.33 bits per heavy atom. The van der Waals surface area contributed by atoms with Crippen molar-refractivity contribution in [3.05, 3.63) is 61.6 Å². The van der Waals surface area contributed by atoms with Gasteiger partial charge in [0.1, 0.15) is 11.6 Å². The Bertz CT molecular complexity index is 737. The smallest absolute Gasteiger partial charge is 0.313 e. The summed E-state index contributed by atoms with van der Waals surface area (Å²) in [7, 11) is 0. The van der Waals surface area contributed by atoms with Crippen molar-refractivity contribution in [2.75, 3.05) is 0 Å². The molecule has 3 N–H and O–H groups in total. The first-order chi connectivity index (χ1) is 9.88. The maximum Gasteiger partial charge on any atom is 0.313 e. The van der Waals surface area contributed by atoms with Crippen molar-refractivity contribution >= 4 is 39.1 Å². The summed E-state index contributed by atoms with van der Waals surface area (Å²) < 4.78 is 6.06.